The van der Waals surface area contributed by atoms with E-state index in [2.05, 4.69) is 6.58 Å². The molecule has 1 amide bonds. The van der Waals surface area contributed by atoms with Crippen LogP contribution in [0.15, 0.2) is 61.2 Å². The second kappa shape index (κ2) is 8.28. The molecule has 0 unspecified atom stereocenters. The van der Waals surface area contributed by atoms with Crippen LogP contribution in [0.1, 0.15) is 42.5 Å². The lowest BCUT2D eigenvalue weighted by Crippen LogP contribution is -2.51. The van der Waals surface area contributed by atoms with Gasteiger partial charge < -0.3 is 9.64 Å². The van der Waals surface area contributed by atoms with Crippen LogP contribution in [0.2, 0.25) is 10.0 Å². The van der Waals surface area contributed by atoms with E-state index < -0.39 is 6.10 Å². The van der Waals surface area contributed by atoms with Gasteiger partial charge in [-0.05, 0) is 54.2 Å². The maximum atomic E-state index is 13.3. The molecule has 146 valence electrons. The second-order valence-electron chi connectivity index (χ2n) is 7.56. The van der Waals surface area contributed by atoms with Crippen LogP contribution in [0.3, 0.4) is 0 Å². The maximum absolute atomic E-state index is 13.3. The SMILES string of the molecule is C=CC[C@@H]1O[C@H](c2cccc(Cl)c2)[C@@H](c2ccc(Cl)cc2)N(CC2CC2)C1=O. The Morgan fingerprint density at radius 3 is 2.46 bits per heavy atom. The van der Waals surface area contributed by atoms with Crippen LogP contribution in [0.5, 0.6) is 0 Å². The molecule has 1 saturated heterocycles. The molecule has 2 fully saturated rings. The minimum atomic E-state index is -0.524. The van der Waals surface area contributed by atoms with Crippen molar-refractivity contribution < 1.29 is 9.53 Å². The summed E-state index contributed by atoms with van der Waals surface area (Å²) in [5.41, 5.74) is 1.98. The molecule has 1 saturated carbocycles. The molecule has 1 aliphatic heterocycles. The van der Waals surface area contributed by atoms with Crippen LogP contribution in [0.25, 0.3) is 0 Å². The van der Waals surface area contributed by atoms with Gasteiger partial charge in [-0.15, -0.1) is 6.58 Å². The first-order chi connectivity index (χ1) is 13.6. The monoisotopic (exact) mass is 415 g/mol. The summed E-state index contributed by atoms with van der Waals surface area (Å²) in [6.45, 7) is 4.55. The van der Waals surface area contributed by atoms with Crippen LogP contribution >= 0.6 is 23.2 Å². The molecule has 4 rings (SSSR count). The quantitative estimate of drug-likeness (QED) is 0.542. The third-order valence-corrected chi connectivity index (χ3v) is 5.90. The van der Waals surface area contributed by atoms with Crippen molar-refractivity contribution in [2.75, 3.05) is 6.54 Å². The van der Waals surface area contributed by atoms with Crippen LogP contribution in [0, 0.1) is 5.92 Å². The molecule has 0 aromatic heterocycles. The Morgan fingerprint density at radius 2 is 1.82 bits per heavy atom. The summed E-state index contributed by atoms with van der Waals surface area (Å²) in [7, 11) is 0. The zero-order valence-electron chi connectivity index (χ0n) is 15.6. The summed E-state index contributed by atoms with van der Waals surface area (Å²) in [5, 5.41) is 1.33. The van der Waals surface area contributed by atoms with Crippen molar-refractivity contribution in [3.05, 3.63) is 82.4 Å². The molecule has 0 spiro atoms. The van der Waals surface area contributed by atoms with Gasteiger partial charge in [0.25, 0.3) is 5.91 Å². The molecule has 28 heavy (non-hydrogen) atoms. The van der Waals surface area contributed by atoms with Crippen molar-refractivity contribution in [1.29, 1.82) is 0 Å². The number of hydrogen-bond donors (Lipinski definition) is 0. The average molecular weight is 416 g/mol. The van der Waals surface area contributed by atoms with Gasteiger partial charge >= 0.3 is 0 Å². The van der Waals surface area contributed by atoms with E-state index >= 15 is 0 Å². The van der Waals surface area contributed by atoms with E-state index in [-0.39, 0.29) is 18.1 Å². The van der Waals surface area contributed by atoms with Gasteiger partial charge in [0.05, 0.1) is 6.04 Å². The van der Waals surface area contributed by atoms with Gasteiger partial charge in [0, 0.05) is 23.0 Å². The standard InChI is InChI=1S/C23H23Cl2NO2/c1-2-4-20-23(27)26(14-15-7-8-15)21(16-9-11-18(24)12-10-16)22(28-20)17-5-3-6-19(25)13-17/h2-3,5-6,9-13,15,20-22H,1,4,7-8,14H2/t20-,21+,22+/m0/s1. The van der Waals surface area contributed by atoms with Crippen LogP contribution in [-0.4, -0.2) is 23.5 Å². The Balaban J connectivity index is 1.79. The van der Waals surface area contributed by atoms with Crippen molar-refractivity contribution >= 4 is 29.1 Å². The average Bonchev–Trinajstić information content (AvgIpc) is 3.50. The maximum Gasteiger partial charge on any atom is 0.252 e. The van der Waals surface area contributed by atoms with E-state index in [9.17, 15) is 4.79 Å². The number of nitrogens with zero attached hydrogens (tertiary/aromatic N) is 1. The fraction of sp³-hybridized carbons (Fsp3) is 0.348. The van der Waals surface area contributed by atoms with E-state index in [1.165, 1.54) is 12.8 Å². The largest absolute Gasteiger partial charge is 0.358 e. The van der Waals surface area contributed by atoms with Crippen molar-refractivity contribution in [2.24, 2.45) is 5.92 Å². The minimum absolute atomic E-state index is 0.0324. The molecule has 5 heteroatoms. The van der Waals surface area contributed by atoms with Gasteiger partial charge in [0.15, 0.2) is 0 Å². The van der Waals surface area contributed by atoms with E-state index in [1.54, 1.807) is 6.08 Å². The van der Waals surface area contributed by atoms with E-state index in [0.29, 0.717) is 22.4 Å². The summed E-state index contributed by atoms with van der Waals surface area (Å²) in [6, 6.07) is 15.2. The van der Waals surface area contributed by atoms with Gasteiger partial charge in [-0.25, -0.2) is 0 Å². The van der Waals surface area contributed by atoms with Crippen LogP contribution in [0.4, 0.5) is 0 Å². The fourth-order valence-electron chi connectivity index (χ4n) is 3.84. The first-order valence-electron chi connectivity index (χ1n) is 9.64. The third kappa shape index (κ3) is 4.12. The minimum Gasteiger partial charge on any atom is -0.358 e. The Kier molecular flexibility index (Phi) is 5.77. The van der Waals surface area contributed by atoms with E-state index in [4.69, 9.17) is 27.9 Å². The van der Waals surface area contributed by atoms with Gasteiger partial charge in [0.1, 0.15) is 12.2 Å². The highest BCUT2D eigenvalue weighted by atomic mass is 35.5. The zero-order chi connectivity index (χ0) is 19.7. The van der Waals surface area contributed by atoms with Crippen molar-refractivity contribution in [2.45, 2.75) is 37.5 Å². The number of morpholine rings is 1. The molecule has 0 N–H and O–H groups in total. The summed E-state index contributed by atoms with van der Waals surface area (Å²) >= 11 is 12.4. The first-order valence-corrected chi connectivity index (χ1v) is 10.4. The topological polar surface area (TPSA) is 29.5 Å². The molecule has 2 aromatic rings. The molecule has 3 nitrogen and oxygen atoms in total. The number of halogens is 2. The molecule has 1 aliphatic carbocycles. The summed E-state index contributed by atoms with van der Waals surface area (Å²) in [4.78, 5) is 15.3. The molecule has 1 heterocycles. The molecule has 3 atom stereocenters. The summed E-state index contributed by atoms with van der Waals surface area (Å²) < 4.78 is 6.36. The van der Waals surface area contributed by atoms with Gasteiger partial charge in [-0.1, -0.05) is 53.5 Å². The third-order valence-electron chi connectivity index (χ3n) is 5.41. The number of carbonyl (C=O) groups is 1. The van der Waals surface area contributed by atoms with E-state index in [1.807, 2.05) is 53.4 Å². The fourth-order valence-corrected chi connectivity index (χ4v) is 4.17. The number of amides is 1. The van der Waals surface area contributed by atoms with Crippen molar-refractivity contribution in [3.63, 3.8) is 0 Å². The molecular formula is C23H23Cl2NO2. The van der Waals surface area contributed by atoms with Crippen LogP contribution in [-0.2, 0) is 9.53 Å². The van der Waals surface area contributed by atoms with E-state index in [0.717, 1.165) is 17.7 Å². The highest BCUT2D eigenvalue weighted by Gasteiger charge is 2.45. The molecule has 2 aromatic carbocycles. The predicted octanol–water partition coefficient (Wildman–Crippen LogP) is 5.99. The number of carbonyl (C=O) groups excluding carboxylic acids is 1. The molecule has 2 aliphatic rings. The lowest BCUT2D eigenvalue weighted by molar-refractivity contribution is -0.174. The normalized spacial score (nSPS) is 25.0. The number of ether oxygens (including phenoxy) is 1. The Labute approximate surface area is 175 Å². The second-order valence-corrected chi connectivity index (χ2v) is 8.43. The Bertz CT molecular complexity index is 863. The van der Waals surface area contributed by atoms with Crippen LogP contribution < -0.4 is 0 Å². The molecule has 0 bridgehead atoms. The summed E-state index contributed by atoms with van der Waals surface area (Å²) in [6.07, 6.45) is 3.75. The first kappa shape index (κ1) is 19.5. The van der Waals surface area contributed by atoms with Gasteiger partial charge in [-0.2, -0.15) is 0 Å². The highest BCUT2D eigenvalue weighted by Crippen LogP contribution is 2.45. The summed E-state index contributed by atoms with van der Waals surface area (Å²) in [5.74, 6) is 0.603. The number of hydrogen-bond acceptors (Lipinski definition) is 2. The Hall–Kier alpha value is -1.81. The van der Waals surface area contributed by atoms with Crippen molar-refractivity contribution in [3.8, 4) is 0 Å². The van der Waals surface area contributed by atoms with Crippen molar-refractivity contribution in [1.82, 2.24) is 4.90 Å². The Morgan fingerprint density at radius 1 is 1.07 bits per heavy atom. The molecular weight excluding hydrogens is 393 g/mol. The number of benzene rings is 2. The highest BCUT2D eigenvalue weighted by molar-refractivity contribution is 6.30. The lowest BCUT2D eigenvalue weighted by Gasteiger charge is -2.45. The smallest absolute Gasteiger partial charge is 0.252 e. The van der Waals surface area contributed by atoms with Gasteiger partial charge in [0.2, 0.25) is 0 Å². The number of rotatable bonds is 6. The zero-order valence-corrected chi connectivity index (χ0v) is 17.1. The van der Waals surface area contributed by atoms with Gasteiger partial charge in [-0.3, -0.25) is 4.79 Å². The lowest BCUT2D eigenvalue weighted by atomic mass is 9.91. The predicted molar refractivity (Wildman–Crippen MR) is 113 cm³/mol. The molecule has 0 radical (unpaired) electrons.